The largest absolute Gasteiger partial charge is 0.295 e. The lowest BCUT2D eigenvalue weighted by Crippen LogP contribution is -2.31. The molecule has 3 nitrogen and oxygen atoms in total. The first-order valence-electron chi connectivity index (χ1n) is 8.18. The van der Waals surface area contributed by atoms with E-state index in [1.807, 2.05) is 55.5 Å². The first kappa shape index (κ1) is 16.2. The van der Waals surface area contributed by atoms with Crippen LogP contribution in [0.1, 0.15) is 41.3 Å². The predicted octanol–water partition coefficient (Wildman–Crippen LogP) is 4.71. The van der Waals surface area contributed by atoms with Gasteiger partial charge in [-0.2, -0.15) is 0 Å². The zero-order chi connectivity index (χ0) is 17.7. The molecule has 2 atom stereocenters. The van der Waals surface area contributed by atoms with Crippen molar-refractivity contribution in [2.24, 2.45) is 10.9 Å². The van der Waals surface area contributed by atoms with Crippen molar-refractivity contribution in [1.29, 1.82) is 0 Å². The van der Waals surface area contributed by atoms with Crippen LogP contribution in [0.25, 0.3) is 0 Å². The molecule has 0 aromatic heterocycles. The van der Waals surface area contributed by atoms with Crippen molar-refractivity contribution >= 4 is 33.2 Å². The van der Waals surface area contributed by atoms with Crippen LogP contribution >= 0.6 is 15.9 Å². The number of nitrogens with zero attached hydrogens (tertiary/aromatic N) is 1. The molecule has 4 heteroatoms. The molecule has 25 heavy (non-hydrogen) atoms. The van der Waals surface area contributed by atoms with Gasteiger partial charge < -0.3 is 0 Å². The minimum absolute atomic E-state index is 0.0306. The van der Waals surface area contributed by atoms with Gasteiger partial charge in [-0.1, -0.05) is 52.3 Å². The van der Waals surface area contributed by atoms with E-state index in [1.165, 1.54) is 0 Å². The minimum atomic E-state index is -0.429. The quantitative estimate of drug-likeness (QED) is 0.741. The van der Waals surface area contributed by atoms with Crippen LogP contribution in [0.15, 0.2) is 69.3 Å². The molecule has 124 valence electrons. The van der Waals surface area contributed by atoms with Gasteiger partial charge in [-0.3, -0.25) is 14.6 Å². The van der Waals surface area contributed by atoms with Crippen molar-refractivity contribution in [1.82, 2.24) is 0 Å². The Morgan fingerprint density at radius 1 is 1.00 bits per heavy atom. The van der Waals surface area contributed by atoms with Crippen LogP contribution in [0.2, 0.25) is 0 Å². The van der Waals surface area contributed by atoms with Crippen molar-refractivity contribution in [3.8, 4) is 0 Å². The van der Waals surface area contributed by atoms with E-state index in [2.05, 4.69) is 20.9 Å². The summed E-state index contributed by atoms with van der Waals surface area (Å²) < 4.78 is 0.965. The number of benzene rings is 2. The van der Waals surface area contributed by atoms with E-state index in [0.29, 0.717) is 16.8 Å². The number of fused-ring (bicyclic) bond motifs is 3. The summed E-state index contributed by atoms with van der Waals surface area (Å²) in [5, 5.41) is 0. The summed E-state index contributed by atoms with van der Waals surface area (Å²) >= 11 is 3.45. The second kappa shape index (κ2) is 5.88. The Labute approximate surface area is 154 Å². The third-order valence-electron chi connectivity index (χ3n) is 4.98. The van der Waals surface area contributed by atoms with Crippen molar-refractivity contribution in [2.45, 2.75) is 19.8 Å². The van der Waals surface area contributed by atoms with Crippen LogP contribution in [0.4, 0.5) is 0 Å². The van der Waals surface area contributed by atoms with Crippen LogP contribution in [-0.2, 0) is 4.79 Å². The number of carbonyl (C=O) groups is 2. The van der Waals surface area contributed by atoms with E-state index in [9.17, 15) is 9.59 Å². The van der Waals surface area contributed by atoms with E-state index < -0.39 is 5.92 Å². The molecule has 0 saturated heterocycles. The van der Waals surface area contributed by atoms with Gasteiger partial charge in [0.25, 0.3) is 0 Å². The van der Waals surface area contributed by atoms with Gasteiger partial charge in [0.1, 0.15) is 0 Å². The maximum atomic E-state index is 13.1. The summed E-state index contributed by atoms with van der Waals surface area (Å²) in [6, 6.07) is 15.4. The van der Waals surface area contributed by atoms with E-state index in [4.69, 9.17) is 0 Å². The van der Waals surface area contributed by atoms with Crippen molar-refractivity contribution in [2.75, 3.05) is 0 Å². The number of Topliss-reactive ketones (excluding diaryl/α,β-unsaturated/α-hetero) is 2. The third-order valence-corrected chi connectivity index (χ3v) is 5.50. The van der Waals surface area contributed by atoms with Gasteiger partial charge in [-0.15, -0.1) is 0 Å². The maximum absolute atomic E-state index is 13.1. The molecule has 0 bridgehead atoms. The van der Waals surface area contributed by atoms with E-state index in [-0.39, 0.29) is 17.5 Å². The molecular formula is C21H16BrNO2. The van der Waals surface area contributed by atoms with E-state index >= 15 is 0 Å². The normalized spacial score (nSPS) is 21.7. The van der Waals surface area contributed by atoms with E-state index in [0.717, 1.165) is 21.3 Å². The number of rotatable bonds is 2. The standard InChI is InChI=1S/C21H16BrNO2/c1-11-17(12(2)24)18(13-7-9-14(22)10-8-13)19-20(23-11)15-5-3-4-6-16(15)21(19)25/h3-10,18-19H,1-2H3/t18-,19+/m1/s1. The third kappa shape index (κ3) is 2.44. The monoisotopic (exact) mass is 393 g/mol. The summed E-state index contributed by atoms with van der Waals surface area (Å²) in [7, 11) is 0. The highest BCUT2D eigenvalue weighted by Gasteiger charge is 2.46. The van der Waals surface area contributed by atoms with Gasteiger partial charge in [0.15, 0.2) is 11.6 Å². The highest BCUT2D eigenvalue weighted by atomic mass is 79.9. The SMILES string of the molecule is CC(=O)C1=C(C)N=C2c3ccccc3C(=O)[C@H]2[C@@H]1c1ccc(Br)cc1. The molecule has 1 aliphatic heterocycles. The topological polar surface area (TPSA) is 46.5 Å². The lowest BCUT2D eigenvalue weighted by atomic mass is 9.74. The van der Waals surface area contributed by atoms with Crippen molar-refractivity contribution < 1.29 is 9.59 Å². The Hall–Kier alpha value is -2.33. The molecule has 0 saturated carbocycles. The molecule has 2 aliphatic rings. The second-order valence-electron chi connectivity index (χ2n) is 6.47. The summed E-state index contributed by atoms with van der Waals surface area (Å²) in [4.78, 5) is 30.2. The van der Waals surface area contributed by atoms with Crippen molar-refractivity contribution in [3.63, 3.8) is 0 Å². The number of hydrogen-bond acceptors (Lipinski definition) is 3. The van der Waals surface area contributed by atoms with Crippen LogP contribution in [-0.4, -0.2) is 17.3 Å². The average molecular weight is 394 g/mol. The first-order chi connectivity index (χ1) is 12.0. The van der Waals surface area contributed by atoms with Gasteiger partial charge in [-0.25, -0.2) is 0 Å². The fourth-order valence-electron chi connectivity index (χ4n) is 3.96. The van der Waals surface area contributed by atoms with Crippen LogP contribution in [0, 0.1) is 5.92 Å². The molecule has 1 aliphatic carbocycles. The number of halogens is 1. The van der Waals surface area contributed by atoms with Gasteiger partial charge in [0, 0.05) is 32.8 Å². The highest BCUT2D eigenvalue weighted by Crippen LogP contribution is 2.45. The molecule has 2 aromatic carbocycles. The highest BCUT2D eigenvalue weighted by molar-refractivity contribution is 9.10. The molecule has 0 spiro atoms. The smallest absolute Gasteiger partial charge is 0.173 e. The summed E-state index contributed by atoms with van der Waals surface area (Å²) in [6.07, 6.45) is 0. The molecule has 2 aromatic rings. The van der Waals surface area contributed by atoms with E-state index in [1.54, 1.807) is 6.92 Å². The Balaban J connectivity index is 1.96. The van der Waals surface area contributed by atoms with Gasteiger partial charge in [0.2, 0.25) is 0 Å². The minimum Gasteiger partial charge on any atom is -0.295 e. The predicted molar refractivity (Wildman–Crippen MR) is 101 cm³/mol. The number of allylic oxidation sites excluding steroid dienone is 2. The lowest BCUT2D eigenvalue weighted by Gasteiger charge is -2.30. The van der Waals surface area contributed by atoms with Gasteiger partial charge in [0.05, 0.1) is 11.6 Å². The summed E-state index contributed by atoms with van der Waals surface area (Å²) in [5.74, 6) is -0.704. The molecular weight excluding hydrogens is 378 g/mol. The van der Waals surface area contributed by atoms with Gasteiger partial charge in [-0.05, 0) is 31.5 Å². The molecule has 0 amide bonds. The number of carbonyl (C=O) groups excluding carboxylic acids is 2. The fourth-order valence-corrected chi connectivity index (χ4v) is 4.22. The zero-order valence-corrected chi connectivity index (χ0v) is 15.5. The van der Waals surface area contributed by atoms with Gasteiger partial charge >= 0.3 is 0 Å². The Bertz CT molecular complexity index is 970. The summed E-state index contributed by atoms with van der Waals surface area (Å²) in [6.45, 7) is 3.41. The number of ketones is 2. The lowest BCUT2D eigenvalue weighted by molar-refractivity contribution is -0.114. The number of hydrogen-bond donors (Lipinski definition) is 0. The Morgan fingerprint density at radius 2 is 1.64 bits per heavy atom. The second-order valence-corrected chi connectivity index (χ2v) is 7.38. The molecule has 0 unspecified atom stereocenters. The Morgan fingerprint density at radius 3 is 2.28 bits per heavy atom. The fraction of sp³-hybridized carbons (Fsp3) is 0.190. The average Bonchev–Trinajstić information content (AvgIpc) is 2.87. The van der Waals surface area contributed by atoms with Crippen LogP contribution in [0.5, 0.6) is 0 Å². The molecule has 0 radical (unpaired) electrons. The molecule has 0 fully saturated rings. The summed E-state index contributed by atoms with van der Waals surface area (Å²) in [5.41, 5.74) is 4.68. The Kier molecular flexibility index (Phi) is 3.80. The first-order valence-corrected chi connectivity index (χ1v) is 8.97. The maximum Gasteiger partial charge on any atom is 0.173 e. The molecule has 1 heterocycles. The number of aliphatic imine (C=N–C) groups is 1. The molecule has 4 rings (SSSR count). The van der Waals surface area contributed by atoms with Crippen molar-refractivity contribution in [3.05, 3.63) is 81.0 Å². The van der Waals surface area contributed by atoms with Crippen LogP contribution < -0.4 is 0 Å². The van der Waals surface area contributed by atoms with Crippen LogP contribution in [0.3, 0.4) is 0 Å². The zero-order valence-electron chi connectivity index (χ0n) is 13.9. The molecule has 0 N–H and O–H groups in total.